The third-order valence-electron chi connectivity index (χ3n) is 8.87. The van der Waals surface area contributed by atoms with E-state index in [0.29, 0.717) is 17.5 Å². The van der Waals surface area contributed by atoms with Gasteiger partial charge in [-0.2, -0.15) is 0 Å². The van der Waals surface area contributed by atoms with Crippen LogP contribution in [0.1, 0.15) is 70.4 Å². The Hall–Kier alpha value is -3.08. The molecule has 1 heterocycles. The molecule has 35 heavy (non-hydrogen) atoms. The quantitative estimate of drug-likeness (QED) is 0.468. The smallest absolute Gasteiger partial charge is 0.338 e. The normalized spacial score (nSPS) is 26.7. The van der Waals surface area contributed by atoms with E-state index in [2.05, 4.69) is 22.1 Å². The Morgan fingerprint density at radius 3 is 2.37 bits per heavy atom. The van der Waals surface area contributed by atoms with Gasteiger partial charge < -0.3 is 14.6 Å². The van der Waals surface area contributed by atoms with Crippen LogP contribution in [-0.2, 0) is 11.3 Å². The fourth-order valence-electron chi connectivity index (χ4n) is 7.72. The summed E-state index contributed by atoms with van der Waals surface area (Å²) in [7, 11) is 1.40. The lowest BCUT2D eigenvalue weighted by Crippen LogP contribution is -2.51. The molecule has 0 unspecified atom stereocenters. The topological polar surface area (TPSA) is 60.3 Å². The number of nitrogens with one attached hydrogen (secondary N) is 1. The van der Waals surface area contributed by atoms with Crippen LogP contribution in [0.2, 0.25) is 0 Å². The molecule has 4 bridgehead atoms. The van der Waals surface area contributed by atoms with Gasteiger partial charge in [0.25, 0.3) is 5.91 Å². The predicted octanol–water partition coefficient (Wildman–Crippen LogP) is 5.73. The van der Waals surface area contributed by atoms with Crippen LogP contribution in [0, 0.1) is 30.1 Å². The van der Waals surface area contributed by atoms with Crippen molar-refractivity contribution in [2.24, 2.45) is 23.2 Å². The molecule has 0 aliphatic heterocycles. The predicted molar refractivity (Wildman–Crippen MR) is 136 cm³/mol. The average Bonchev–Trinajstić information content (AvgIpc) is 3.23. The molecule has 0 spiro atoms. The number of carbonyl (C=O) groups excluding carboxylic acids is 2. The molecule has 4 fully saturated rings. The Bertz CT molecular complexity index is 1270. The molecular weight excluding hydrogens is 436 g/mol. The van der Waals surface area contributed by atoms with Crippen LogP contribution in [0.4, 0.5) is 0 Å². The lowest BCUT2D eigenvalue weighted by atomic mass is 9.49. The maximum Gasteiger partial charge on any atom is 0.338 e. The third kappa shape index (κ3) is 4.15. The first-order valence-corrected chi connectivity index (χ1v) is 13.0. The zero-order valence-corrected chi connectivity index (χ0v) is 20.7. The molecular formula is C30H34N2O3. The second-order valence-electron chi connectivity index (χ2n) is 11.5. The Kier molecular flexibility index (Phi) is 5.46. The number of aromatic nitrogens is 1. The summed E-state index contributed by atoms with van der Waals surface area (Å²) in [4.78, 5) is 24.9. The first-order chi connectivity index (χ1) is 16.9. The number of carbonyl (C=O) groups is 2. The zero-order valence-electron chi connectivity index (χ0n) is 20.7. The van der Waals surface area contributed by atoms with E-state index in [-0.39, 0.29) is 11.9 Å². The number of hydrogen-bond donors (Lipinski definition) is 1. The number of benzene rings is 2. The van der Waals surface area contributed by atoms with Crippen LogP contribution >= 0.6 is 0 Å². The number of ether oxygens (including phenoxy) is 1. The second-order valence-corrected chi connectivity index (χ2v) is 11.5. The molecule has 1 amide bonds. The van der Waals surface area contributed by atoms with Crippen molar-refractivity contribution in [2.75, 3.05) is 13.7 Å². The van der Waals surface area contributed by atoms with Crippen molar-refractivity contribution in [3.05, 3.63) is 70.9 Å². The van der Waals surface area contributed by atoms with Crippen LogP contribution in [-0.4, -0.2) is 30.1 Å². The van der Waals surface area contributed by atoms with Gasteiger partial charge in [-0.05, 0) is 110 Å². The molecule has 1 aromatic heterocycles. The van der Waals surface area contributed by atoms with Gasteiger partial charge in [-0.15, -0.1) is 0 Å². The molecule has 4 aliphatic carbocycles. The first kappa shape index (κ1) is 22.4. The Labute approximate surface area is 206 Å². The number of rotatable bonds is 6. The largest absolute Gasteiger partial charge is 0.465 e. The van der Waals surface area contributed by atoms with Crippen LogP contribution in [0.15, 0.2) is 48.7 Å². The number of fused-ring (bicyclic) bond motifs is 1. The monoisotopic (exact) mass is 470 g/mol. The Morgan fingerprint density at radius 2 is 1.71 bits per heavy atom. The standard InChI is InChI=1S/C30H34N2O3/c1-19-9-20(3-5-26(19)29(34)35-2)17-32-8-7-24-13-25(4-6-27(24)32)28(33)31-18-30-14-21-10-22(15-30)12-23(11-21)16-30/h3-9,13,21-23H,10-12,14-18H2,1-2H3,(H,31,33). The van der Waals surface area contributed by atoms with Crippen molar-refractivity contribution >= 4 is 22.8 Å². The van der Waals surface area contributed by atoms with Crippen molar-refractivity contribution in [1.82, 2.24) is 9.88 Å². The van der Waals surface area contributed by atoms with Gasteiger partial charge in [0.1, 0.15) is 0 Å². The summed E-state index contributed by atoms with van der Waals surface area (Å²) >= 11 is 0. The lowest BCUT2D eigenvalue weighted by Gasteiger charge is -2.56. The van der Waals surface area contributed by atoms with Gasteiger partial charge in [-0.1, -0.05) is 12.1 Å². The maximum atomic E-state index is 13.1. The van der Waals surface area contributed by atoms with Crippen molar-refractivity contribution < 1.29 is 14.3 Å². The van der Waals surface area contributed by atoms with Gasteiger partial charge in [-0.3, -0.25) is 4.79 Å². The van der Waals surface area contributed by atoms with Gasteiger partial charge in [0.05, 0.1) is 12.7 Å². The van der Waals surface area contributed by atoms with E-state index in [1.54, 1.807) is 0 Å². The highest BCUT2D eigenvalue weighted by molar-refractivity contribution is 5.98. The Morgan fingerprint density at radius 1 is 1.00 bits per heavy atom. The van der Waals surface area contributed by atoms with E-state index in [0.717, 1.165) is 51.9 Å². The van der Waals surface area contributed by atoms with Crippen molar-refractivity contribution in [2.45, 2.75) is 52.0 Å². The summed E-state index contributed by atoms with van der Waals surface area (Å²) < 4.78 is 7.03. The molecule has 182 valence electrons. The van der Waals surface area contributed by atoms with Crippen molar-refractivity contribution in [3.63, 3.8) is 0 Å². The van der Waals surface area contributed by atoms with E-state index < -0.39 is 0 Å². The minimum absolute atomic E-state index is 0.0458. The molecule has 5 heteroatoms. The number of nitrogens with zero attached hydrogens (tertiary/aromatic N) is 1. The Balaban J connectivity index is 1.14. The summed E-state index contributed by atoms with van der Waals surface area (Å²) in [6.45, 7) is 3.45. The number of hydrogen-bond acceptors (Lipinski definition) is 3. The number of amides is 1. The summed E-state index contributed by atoms with van der Waals surface area (Å²) in [5, 5.41) is 4.37. The van der Waals surface area contributed by atoms with E-state index in [1.807, 2.05) is 43.3 Å². The second kappa shape index (κ2) is 8.54. The van der Waals surface area contributed by atoms with Crippen LogP contribution in [0.25, 0.3) is 10.9 Å². The van der Waals surface area contributed by atoms with E-state index in [9.17, 15) is 9.59 Å². The van der Waals surface area contributed by atoms with Crippen molar-refractivity contribution in [1.29, 1.82) is 0 Å². The fourth-order valence-corrected chi connectivity index (χ4v) is 7.72. The average molecular weight is 471 g/mol. The molecule has 4 aliphatic rings. The maximum absolute atomic E-state index is 13.1. The molecule has 3 aromatic rings. The minimum atomic E-state index is -0.311. The number of aryl methyl sites for hydroxylation is 1. The lowest BCUT2D eigenvalue weighted by molar-refractivity contribution is -0.0503. The van der Waals surface area contributed by atoms with Gasteiger partial charge >= 0.3 is 5.97 Å². The highest BCUT2D eigenvalue weighted by atomic mass is 16.5. The summed E-state index contributed by atoms with van der Waals surface area (Å²) in [6.07, 6.45) is 10.3. The van der Waals surface area contributed by atoms with E-state index in [4.69, 9.17) is 4.74 Å². The van der Waals surface area contributed by atoms with Crippen molar-refractivity contribution in [3.8, 4) is 0 Å². The zero-order chi connectivity index (χ0) is 24.2. The minimum Gasteiger partial charge on any atom is -0.465 e. The van der Waals surface area contributed by atoms with Gasteiger partial charge in [0, 0.05) is 35.8 Å². The highest BCUT2D eigenvalue weighted by Crippen LogP contribution is 2.59. The molecule has 5 nitrogen and oxygen atoms in total. The molecule has 4 saturated carbocycles. The molecule has 1 N–H and O–H groups in total. The third-order valence-corrected chi connectivity index (χ3v) is 8.87. The fraction of sp³-hybridized carbons (Fsp3) is 0.467. The molecule has 7 rings (SSSR count). The number of esters is 1. The number of methoxy groups -OCH3 is 1. The van der Waals surface area contributed by atoms with Gasteiger partial charge in [0.2, 0.25) is 0 Å². The summed E-state index contributed by atoms with van der Waals surface area (Å²) in [5.74, 6) is 2.43. The SMILES string of the molecule is COC(=O)c1ccc(Cn2ccc3cc(C(=O)NCC45CC6CC(CC(C6)C4)C5)ccc32)cc1C. The molecule has 0 atom stereocenters. The molecule has 0 radical (unpaired) electrons. The molecule has 2 aromatic carbocycles. The first-order valence-electron chi connectivity index (χ1n) is 13.0. The summed E-state index contributed by atoms with van der Waals surface area (Å²) in [6, 6.07) is 13.9. The van der Waals surface area contributed by atoms with E-state index in [1.165, 1.54) is 45.6 Å². The van der Waals surface area contributed by atoms with Crippen LogP contribution < -0.4 is 5.32 Å². The highest BCUT2D eigenvalue weighted by Gasteiger charge is 2.50. The van der Waals surface area contributed by atoms with E-state index >= 15 is 0 Å². The van der Waals surface area contributed by atoms with Crippen LogP contribution in [0.5, 0.6) is 0 Å². The van der Waals surface area contributed by atoms with Gasteiger partial charge in [-0.25, -0.2) is 4.79 Å². The van der Waals surface area contributed by atoms with Gasteiger partial charge in [0.15, 0.2) is 0 Å². The summed E-state index contributed by atoms with van der Waals surface area (Å²) in [5.41, 5.74) is 4.79. The molecule has 0 saturated heterocycles. The van der Waals surface area contributed by atoms with Crippen LogP contribution in [0.3, 0.4) is 0 Å².